The van der Waals surface area contributed by atoms with Gasteiger partial charge in [0, 0.05) is 0 Å². The summed E-state index contributed by atoms with van der Waals surface area (Å²) in [7, 11) is -4.64. The molecular formula is H9BaBiCsO4P. The van der Waals surface area contributed by atoms with E-state index in [-0.39, 0.29) is 144 Å². The van der Waals surface area contributed by atoms with Crippen molar-refractivity contribution in [2.24, 2.45) is 0 Å². The average Bonchev–Trinajstić information content (AvgIpc) is 0.722. The van der Waals surface area contributed by atoms with Gasteiger partial charge in [0.2, 0.25) is 0 Å². The summed E-state index contributed by atoms with van der Waals surface area (Å²) < 4.78 is 8.88. The molecule has 0 amide bonds. The predicted molar refractivity (Wildman–Crippen MR) is 39.9 cm³/mol. The van der Waals surface area contributed by atoms with Crippen molar-refractivity contribution < 1.29 is 19.2 Å². The molecule has 46 valence electrons. The van der Waals surface area contributed by atoms with Crippen molar-refractivity contribution >= 4 is 152 Å². The molecule has 0 saturated carbocycles. The van der Waals surface area contributed by atoms with E-state index < -0.39 is 7.82 Å². The van der Waals surface area contributed by atoms with Crippen molar-refractivity contribution in [1.82, 2.24) is 0 Å². The summed E-state index contributed by atoms with van der Waals surface area (Å²) in [4.78, 5) is 21.6. The molecule has 0 bridgehead atoms. The Balaban J connectivity index is -0.0000000267. The first kappa shape index (κ1) is 22.9. The van der Waals surface area contributed by atoms with E-state index in [2.05, 4.69) is 0 Å². The Morgan fingerprint density at radius 2 is 1.12 bits per heavy atom. The summed E-state index contributed by atoms with van der Waals surface area (Å²) in [5.41, 5.74) is 0. The van der Waals surface area contributed by atoms with Crippen molar-refractivity contribution in [2.45, 2.75) is 0 Å². The van der Waals surface area contributed by atoms with Crippen LogP contribution in [0, 0.1) is 0 Å². The molecule has 0 aromatic rings. The molecule has 0 aliphatic heterocycles. The van der Waals surface area contributed by atoms with Crippen LogP contribution in [0.5, 0.6) is 0 Å². The van der Waals surface area contributed by atoms with E-state index in [1.54, 1.807) is 0 Å². The predicted octanol–water partition coefficient (Wildman–Crippen LogP) is -3.68. The fourth-order valence-corrected chi connectivity index (χ4v) is 0. The topological polar surface area (TPSA) is 77.8 Å². The summed E-state index contributed by atoms with van der Waals surface area (Å²) in [5, 5.41) is 0. The molecule has 0 spiro atoms. The van der Waals surface area contributed by atoms with Crippen molar-refractivity contribution in [3.63, 3.8) is 0 Å². The van der Waals surface area contributed by atoms with Crippen molar-refractivity contribution in [1.29, 1.82) is 0 Å². The Morgan fingerprint density at radius 1 is 1.12 bits per heavy atom. The second-order valence-corrected chi connectivity index (χ2v) is 1.54. The molecule has 0 aromatic heterocycles. The quantitative estimate of drug-likeness (QED) is 0.203. The Bertz CT molecular complexity index is 62.2. The van der Waals surface area contributed by atoms with Gasteiger partial charge in [0.1, 0.15) is 0 Å². The van der Waals surface area contributed by atoms with Gasteiger partial charge in [0.15, 0.2) is 0 Å². The van der Waals surface area contributed by atoms with Crippen LogP contribution in [0.2, 0.25) is 0 Å². The van der Waals surface area contributed by atoms with Gasteiger partial charge in [-0.3, -0.25) is 0 Å². The van der Waals surface area contributed by atoms with Crippen LogP contribution in [0.4, 0.5) is 0 Å². The van der Waals surface area contributed by atoms with Gasteiger partial charge < -0.3 is 14.7 Å². The second kappa shape index (κ2) is 11.6. The van der Waals surface area contributed by atoms with Crippen LogP contribution in [-0.4, -0.2) is 159 Å². The number of hydrogen-bond acceptors (Lipinski definition) is 1. The van der Waals surface area contributed by atoms with Gasteiger partial charge in [-0.25, -0.2) is 4.57 Å². The third-order valence-corrected chi connectivity index (χ3v) is 0. The Hall–Kier alpha value is 4.62. The van der Waals surface area contributed by atoms with Crippen LogP contribution < -0.4 is 0 Å². The summed E-state index contributed by atoms with van der Waals surface area (Å²) in [6.07, 6.45) is 0. The van der Waals surface area contributed by atoms with Gasteiger partial charge in [-0.1, -0.05) is 0 Å². The molecule has 0 saturated heterocycles. The zero-order valence-electron chi connectivity index (χ0n) is 2.90. The number of hydrogen-bond donors (Lipinski definition) is 3. The van der Waals surface area contributed by atoms with E-state index in [0.717, 1.165) is 0 Å². The van der Waals surface area contributed by atoms with Crippen LogP contribution in [0.1, 0.15) is 0 Å². The van der Waals surface area contributed by atoms with Crippen LogP contribution >= 0.6 is 7.82 Å². The van der Waals surface area contributed by atoms with E-state index in [1.807, 2.05) is 0 Å². The summed E-state index contributed by atoms with van der Waals surface area (Å²) in [5.74, 6) is 0. The van der Waals surface area contributed by atoms with E-state index in [9.17, 15) is 0 Å². The molecule has 0 fully saturated rings. The number of phosphoric acid groups is 1. The third-order valence-electron chi connectivity index (χ3n) is 0. The third kappa shape index (κ3) is 46.1. The molecule has 0 rings (SSSR count). The first-order valence-electron chi connectivity index (χ1n) is 0.783. The summed E-state index contributed by atoms with van der Waals surface area (Å²) in [6, 6.07) is 0. The summed E-state index contributed by atoms with van der Waals surface area (Å²) in [6.45, 7) is 0. The van der Waals surface area contributed by atoms with Crippen molar-refractivity contribution in [2.75, 3.05) is 0 Å². The molecule has 0 aromatic carbocycles. The first-order valence-corrected chi connectivity index (χ1v) is 2.35. The second-order valence-electron chi connectivity index (χ2n) is 0.513. The Morgan fingerprint density at radius 3 is 1.12 bits per heavy atom. The van der Waals surface area contributed by atoms with Gasteiger partial charge in [0.05, 0.1) is 0 Å². The van der Waals surface area contributed by atoms with Crippen molar-refractivity contribution in [3.05, 3.63) is 0 Å². The van der Waals surface area contributed by atoms with Crippen molar-refractivity contribution in [3.8, 4) is 0 Å². The normalized spacial score (nSPS) is 7.38. The van der Waals surface area contributed by atoms with Gasteiger partial charge in [-0.2, -0.15) is 0 Å². The maximum atomic E-state index is 8.88. The van der Waals surface area contributed by atoms with E-state index in [1.165, 1.54) is 0 Å². The van der Waals surface area contributed by atoms with Gasteiger partial charge >= 0.3 is 152 Å². The molecule has 8 heavy (non-hydrogen) atoms. The zero-order chi connectivity index (χ0) is 4.50. The van der Waals surface area contributed by atoms with E-state index in [0.29, 0.717) is 0 Å². The molecule has 4 nitrogen and oxygen atoms in total. The van der Waals surface area contributed by atoms with Gasteiger partial charge in [-0.15, -0.1) is 0 Å². The molecule has 0 heterocycles. The fourth-order valence-electron chi connectivity index (χ4n) is 0. The Kier molecular flexibility index (Phi) is 33.3. The van der Waals surface area contributed by atoms with Crippen LogP contribution in [0.3, 0.4) is 0 Å². The minimum absolute atomic E-state index is 0. The monoisotopic (exact) mass is 584 g/mol. The molecular weight excluding hydrogens is 574 g/mol. The maximum absolute atomic E-state index is 8.88. The average molecular weight is 583 g/mol. The molecule has 0 unspecified atom stereocenters. The first-order chi connectivity index (χ1) is 2.00. The molecule has 0 aliphatic carbocycles. The minimum atomic E-state index is -4.64. The molecule has 0 aliphatic rings. The molecule has 8 heteroatoms. The fraction of sp³-hybridized carbons (Fsp3) is 0. The van der Waals surface area contributed by atoms with Gasteiger partial charge in [-0.05, 0) is 0 Å². The van der Waals surface area contributed by atoms with Crippen LogP contribution in [0.25, 0.3) is 0 Å². The number of rotatable bonds is 0. The van der Waals surface area contributed by atoms with Crippen LogP contribution in [-0.2, 0) is 4.57 Å². The van der Waals surface area contributed by atoms with E-state index in [4.69, 9.17) is 19.2 Å². The molecule has 0 atom stereocenters. The summed E-state index contributed by atoms with van der Waals surface area (Å²) >= 11 is 0. The molecule has 3 N–H and O–H groups in total. The van der Waals surface area contributed by atoms with Gasteiger partial charge in [0.25, 0.3) is 0 Å². The Labute approximate surface area is 165 Å². The SMILES string of the molecule is O=P(O)(O)O.[BaH2].[BiH3].[CsH]. The van der Waals surface area contributed by atoms with E-state index >= 15 is 0 Å². The molecule has 0 radical (unpaired) electrons. The standard InChI is InChI=1S/Ba.Bi.Cs.H3O4P.6H/c;;;1-5(2,3)4;;;;;;/h;;;(H3,1,2,3,4);;;;;;. The van der Waals surface area contributed by atoms with Crippen LogP contribution in [0.15, 0.2) is 0 Å². The zero-order valence-corrected chi connectivity index (χ0v) is 9.30.